The third kappa shape index (κ3) is 4.84. The molecule has 1 aromatic heterocycles. The molecule has 0 fully saturated rings. The Balaban J connectivity index is 1.54. The van der Waals surface area contributed by atoms with Crippen LogP contribution in [0.25, 0.3) is 11.0 Å². The molecule has 1 amide bonds. The minimum atomic E-state index is -0.459. The molecule has 1 unspecified atom stereocenters. The van der Waals surface area contributed by atoms with Gasteiger partial charge in [0.1, 0.15) is 17.7 Å². The van der Waals surface area contributed by atoms with Crippen LogP contribution in [-0.4, -0.2) is 41.4 Å². The van der Waals surface area contributed by atoms with Crippen molar-refractivity contribution >= 4 is 28.5 Å². The first-order valence-corrected chi connectivity index (χ1v) is 9.15. The SMILES string of the molecule is CN(C)C(C(=O)NCCCc1nc2ccc(Cl)cc2[nH]1)c1ccc(F)cc1. The molecule has 5 nitrogen and oxygen atoms in total. The van der Waals surface area contributed by atoms with Crippen LogP contribution in [0.1, 0.15) is 23.9 Å². The van der Waals surface area contributed by atoms with Crippen molar-refractivity contribution in [3.8, 4) is 0 Å². The minimum absolute atomic E-state index is 0.108. The Morgan fingerprint density at radius 1 is 1.26 bits per heavy atom. The number of H-pyrrole nitrogens is 1. The lowest BCUT2D eigenvalue weighted by atomic mass is 10.1. The predicted molar refractivity (Wildman–Crippen MR) is 105 cm³/mol. The van der Waals surface area contributed by atoms with Crippen LogP contribution in [0.15, 0.2) is 42.5 Å². The van der Waals surface area contributed by atoms with Gasteiger partial charge >= 0.3 is 0 Å². The van der Waals surface area contributed by atoms with E-state index in [2.05, 4.69) is 15.3 Å². The fourth-order valence-corrected chi connectivity index (χ4v) is 3.22. The van der Waals surface area contributed by atoms with E-state index < -0.39 is 6.04 Å². The first-order chi connectivity index (χ1) is 12.9. The molecule has 27 heavy (non-hydrogen) atoms. The zero-order chi connectivity index (χ0) is 19.4. The Bertz CT molecular complexity index is 923. The van der Waals surface area contributed by atoms with Gasteiger partial charge in [-0.3, -0.25) is 9.69 Å². The van der Waals surface area contributed by atoms with Gasteiger partial charge in [-0.1, -0.05) is 23.7 Å². The molecule has 0 spiro atoms. The second-order valence-electron chi connectivity index (χ2n) is 6.66. The maximum absolute atomic E-state index is 13.1. The first kappa shape index (κ1) is 19.3. The maximum atomic E-state index is 13.1. The number of hydrogen-bond acceptors (Lipinski definition) is 3. The van der Waals surface area contributed by atoms with Gasteiger partial charge in [-0.2, -0.15) is 0 Å². The third-order valence-corrected chi connectivity index (χ3v) is 4.57. The second kappa shape index (κ2) is 8.50. The summed E-state index contributed by atoms with van der Waals surface area (Å²) >= 11 is 5.98. The summed E-state index contributed by atoms with van der Waals surface area (Å²) in [5.41, 5.74) is 2.54. The summed E-state index contributed by atoms with van der Waals surface area (Å²) in [6.07, 6.45) is 1.47. The van der Waals surface area contributed by atoms with E-state index in [-0.39, 0.29) is 11.7 Å². The van der Waals surface area contributed by atoms with Crippen molar-refractivity contribution < 1.29 is 9.18 Å². The lowest BCUT2D eigenvalue weighted by Gasteiger charge is -2.23. The van der Waals surface area contributed by atoms with Gasteiger partial charge in [0.15, 0.2) is 0 Å². The van der Waals surface area contributed by atoms with Crippen molar-refractivity contribution in [2.24, 2.45) is 0 Å². The molecule has 3 aromatic rings. The lowest BCUT2D eigenvalue weighted by molar-refractivity contribution is -0.125. The fourth-order valence-electron chi connectivity index (χ4n) is 3.05. The number of halogens is 2. The highest BCUT2D eigenvalue weighted by Gasteiger charge is 2.22. The van der Waals surface area contributed by atoms with E-state index in [1.807, 2.05) is 37.2 Å². The number of benzene rings is 2. The molecule has 7 heteroatoms. The van der Waals surface area contributed by atoms with Crippen LogP contribution >= 0.6 is 11.6 Å². The van der Waals surface area contributed by atoms with Crippen LogP contribution < -0.4 is 5.32 Å². The standard InChI is InChI=1S/C20H22ClFN4O/c1-26(2)19(13-5-8-15(22)9-6-13)20(27)23-11-3-4-18-24-16-10-7-14(21)12-17(16)25-18/h5-10,12,19H,3-4,11H2,1-2H3,(H,23,27)(H,24,25). The van der Waals surface area contributed by atoms with Gasteiger partial charge in [0.05, 0.1) is 11.0 Å². The molecule has 1 heterocycles. The molecule has 0 bridgehead atoms. The number of likely N-dealkylation sites (N-methyl/N-ethyl adjacent to an activating group) is 1. The summed E-state index contributed by atoms with van der Waals surface area (Å²) in [7, 11) is 3.65. The van der Waals surface area contributed by atoms with Crippen molar-refractivity contribution in [2.45, 2.75) is 18.9 Å². The number of carbonyl (C=O) groups is 1. The summed E-state index contributed by atoms with van der Waals surface area (Å²) in [6, 6.07) is 11.1. The zero-order valence-electron chi connectivity index (χ0n) is 15.3. The number of aryl methyl sites for hydroxylation is 1. The number of nitrogens with zero attached hydrogens (tertiary/aromatic N) is 2. The van der Waals surface area contributed by atoms with Crippen LogP contribution in [0.5, 0.6) is 0 Å². The van der Waals surface area contributed by atoms with E-state index in [0.29, 0.717) is 11.6 Å². The Morgan fingerprint density at radius 2 is 2.00 bits per heavy atom. The molecular formula is C20H22ClFN4O. The molecule has 0 saturated heterocycles. The number of rotatable bonds is 7. The Morgan fingerprint density at radius 3 is 2.70 bits per heavy atom. The summed E-state index contributed by atoms with van der Waals surface area (Å²) in [5.74, 6) is 0.441. The molecule has 2 aromatic carbocycles. The van der Waals surface area contributed by atoms with Crippen molar-refractivity contribution in [3.63, 3.8) is 0 Å². The average molecular weight is 389 g/mol. The Kier molecular flexibility index (Phi) is 6.08. The van der Waals surface area contributed by atoms with E-state index in [0.717, 1.165) is 35.3 Å². The predicted octanol–water partition coefficient (Wildman–Crippen LogP) is 3.71. The quantitative estimate of drug-likeness (QED) is 0.606. The average Bonchev–Trinajstić information content (AvgIpc) is 3.02. The summed E-state index contributed by atoms with van der Waals surface area (Å²) < 4.78 is 13.1. The van der Waals surface area contributed by atoms with E-state index in [9.17, 15) is 9.18 Å². The highest BCUT2D eigenvalue weighted by Crippen LogP contribution is 2.19. The number of carbonyl (C=O) groups excluding carboxylic acids is 1. The van der Waals surface area contributed by atoms with Crippen molar-refractivity contribution in [1.82, 2.24) is 20.2 Å². The number of fused-ring (bicyclic) bond motifs is 1. The monoisotopic (exact) mass is 388 g/mol. The van der Waals surface area contributed by atoms with Crippen LogP contribution in [0.3, 0.4) is 0 Å². The van der Waals surface area contributed by atoms with E-state index in [1.54, 1.807) is 12.1 Å². The Hall–Kier alpha value is -2.44. The molecule has 0 aliphatic rings. The van der Waals surface area contributed by atoms with Gasteiger partial charge in [0, 0.05) is 18.0 Å². The van der Waals surface area contributed by atoms with Crippen LogP contribution in [-0.2, 0) is 11.2 Å². The molecule has 2 N–H and O–H groups in total. The molecule has 1 atom stereocenters. The van der Waals surface area contributed by atoms with Crippen LogP contribution in [0.2, 0.25) is 5.02 Å². The summed E-state index contributed by atoms with van der Waals surface area (Å²) in [6.45, 7) is 0.530. The van der Waals surface area contributed by atoms with E-state index in [1.165, 1.54) is 12.1 Å². The highest BCUT2D eigenvalue weighted by atomic mass is 35.5. The first-order valence-electron chi connectivity index (χ1n) is 8.78. The van der Waals surface area contributed by atoms with Crippen molar-refractivity contribution in [2.75, 3.05) is 20.6 Å². The van der Waals surface area contributed by atoms with Crippen LogP contribution in [0, 0.1) is 5.82 Å². The highest BCUT2D eigenvalue weighted by molar-refractivity contribution is 6.31. The number of aromatic nitrogens is 2. The third-order valence-electron chi connectivity index (χ3n) is 4.33. The van der Waals surface area contributed by atoms with Gasteiger partial charge in [0.25, 0.3) is 0 Å². The molecule has 3 rings (SSSR count). The second-order valence-corrected chi connectivity index (χ2v) is 7.09. The number of imidazole rings is 1. The lowest BCUT2D eigenvalue weighted by Crippen LogP contribution is -2.37. The van der Waals surface area contributed by atoms with E-state index >= 15 is 0 Å². The van der Waals surface area contributed by atoms with Crippen LogP contribution in [0.4, 0.5) is 4.39 Å². The number of hydrogen-bond donors (Lipinski definition) is 2. The smallest absolute Gasteiger partial charge is 0.241 e. The molecule has 0 radical (unpaired) electrons. The van der Waals surface area contributed by atoms with E-state index in [4.69, 9.17) is 11.6 Å². The topological polar surface area (TPSA) is 61.0 Å². The van der Waals surface area contributed by atoms with Gasteiger partial charge in [-0.25, -0.2) is 9.37 Å². The molecule has 0 saturated carbocycles. The normalized spacial score (nSPS) is 12.5. The molecule has 142 valence electrons. The minimum Gasteiger partial charge on any atom is -0.354 e. The van der Waals surface area contributed by atoms with Gasteiger partial charge in [-0.05, 0) is 56.4 Å². The largest absolute Gasteiger partial charge is 0.354 e. The molecule has 0 aliphatic heterocycles. The summed E-state index contributed by atoms with van der Waals surface area (Å²) in [5, 5.41) is 3.62. The summed E-state index contributed by atoms with van der Waals surface area (Å²) in [4.78, 5) is 22.1. The maximum Gasteiger partial charge on any atom is 0.241 e. The van der Waals surface area contributed by atoms with Gasteiger partial charge in [-0.15, -0.1) is 0 Å². The zero-order valence-corrected chi connectivity index (χ0v) is 16.1. The van der Waals surface area contributed by atoms with Crippen molar-refractivity contribution in [1.29, 1.82) is 0 Å². The molecule has 0 aliphatic carbocycles. The Labute approximate surface area is 162 Å². The number of aromatic amines is 1. The fraction of sp³-hybridized carbons (Fsp3) is 0.300. The van der Waals surface area contributed by atoms with Crippen molar-refractivity contribution in [3.05, 3.63) is 64.7 Å². The van der Waals surface area contributed by atoms with Gasteiger partial charge < -0.3 is 10.3 Å². The molecular weight excluding hydrogens is 367 g/mol. The number of amides is 1. The van der Waals surface area contributed by atoms with Gasteiger partial charge in [0.2, 0.25) is 5.91 Å². The number of nitrogens with one attached hydrogen (secondary N) is 2.